The predicted molar refractivity (Wildman–Crippen MR) is 71.0 cm³/mol. The fourth-order valence-electron chi connectivity index (χ4n) is 1.86. The Morgan fingerprint density at radius 2 is 2.00 bits per heavy atom. The normalized spacial score (nSPS) is 10.6. The summed E-state index contributed by atoms with van der Waals surface area (Å²) in [6.45, 7) is 3.98. The quantitative estimate of drug-likeness (QED) is 0.784. The van der Waals surface area contributed by atoms with Crippen molar-refractivity contribution < 1.29 is 0 Å². The maximum absolute atomic E-state index is 9.10. The summed E-state index contributed by atoms with van der Waals surface area (Å²) in [6.07, 6.45) is 0. The second kappa shape index (κ2) is 4.41. The van der Waals surface area contributed by atoms with E-state index in [1.54, 1.807) is 12.1 Å². The molecule has 0 aliphatic heterocycles. The van der Waals surface area contributed by atoms with Crippen LogP contribution in [0.5, 0.6) is 0 Å². The van der Waals surface area contributed by atoms with Crippen molar-refractivity contribution in [2.24, 2.45) is 0 Å². The summed E-state index contributed by atoms with van der Waals surface area (Å²) in [5.74, 6) is 7.13. The van der Waals surface area contributed by atoms with Crippen molar-refractivity contribution in [3.05, 3.63) is 35.7 Å². The molecular weight excluding hydrogens is 226 g/mol. The number of aromatic nitrogens is 2. The molecule has 2 rings (SSSR count). The zero-order valence-corrected chi connectivity index (χ0v) is 10.4. The summed E-state index contributed by atoms with van der Waals surface area (Å²) in [5, 5.41) is 9.10. The van der Waals surface area contributed by atoms with Gasteiger partial charge in [-0.3, -0.25) is 0 Å². The SMILES string of the molecule is CC(C)c1nc(-c2ccccc2C#N)c(N)n1N. The number of hydrogen-bond donors (Lipinski definition) is 2. The van der Waals surface area contributed by atoms with E-state index >= 15 is 0 Å². The van der Waals surface area contributed by atoms with Crippen molar-refractivity contribution in [3.8, 4) is 17.3 Å². The molecule has 0 spiro atoms. The summed E-state index contributed by atoms with van der Waals surface area (Å²) in [5.41, 5.74) is 7.78. The topological polar surface area (TPSA) is 93.6 Å². The van der Waals surface area contributed by atoms with Gasteiger partial charge in [0.15, 0.2) is 5.82 Å². The second-order valence-electron chi connectivity index (χ2n) is 4.39. The fourth-order valence-corrected chi connectivity index (χ4v) is 1.86. The Balaban J connectivity index is 2.66. The van der Waals surface area contributed by atoms with Crippen molar-refractivity contribution in [2.75, 3.05) is 11.6 Å². The third-order valence-corrected chi connectivity index (χ3v) is 2.79. The van der Waals surface area contributed by atoms with E-state index in [0.29, 0.717) is 28.5 Å². The molecule has 5 heteroatoms. The van der Waals surface area contributed by atoms with Gasteiger partial charge in [-0.25, -0.2) is 9.66 Å². The molecule has 0 bridgehead atoms. The van der Waals surface area contributed by atoms with E-state index in [-0.39, 0.29) is 5.92 Å². The molecule has 0 saturated heterocycles. The van der Waals surface area contributed by atoms with Gasteiger partial charge in [-0.15, -0.1) is 0 Å². The Hall–Kier alpha value is -2.48. The number of hydrogen-bond acceptors (Lipinski definition) is 4. The van der Waals surface area contributed by atoms with Gasteiger partial charge in [0.25, 0.3) is 0 Å². The number of rotatable bonds is 2. The Labute approximate surface area is 106 Å². The molecule has 0 amide bonds. The molecule has 0 aliphatic rings. The Morgan fingerprint density at radius 3 is 2.56 bits per heavy atom. The van der Waals surface area contributed by atoms with Crippen LogP contribution >= 0.6 is 0 Å². The van der Waals surface area contributed by atoms with Crippen LogP contribution in [0.1, 0.15) is 31.2 Å². The predicted octanol–water partition coefficient (Wildman–Crippen LogP) is 1.84. The van der Waals surface area contributed by atoms with E-state index in [1.165, 1.54) is 4.68 Å². The molecular formula is C13H15N5. The number of nitriles is 1. The Morgan fingerprint density at radius 1 is 1.33 bits per heavy atom. The molecule has 1 aromatic carbocycles. The van der Waals surface area contributed by atoms with E-state index in [4.69, 9.17) is 16.8 Å². The molecule has 2 aromatic rings. The van der Waals surface area contributed by atoms with Crippen LogP contribution < -0.4 is 11.6 Å². The first-order valence-electron chi connectivity index (χ1n) is 5.69. The van der Waals surface area contributed by atoms with E-state index in [2.05, 4.69) is 11.1 Å². The van der Waals surface area contributed by atoms with Gasteiger partial charge >= 0.3 is 0 Å². The fraction of sp³-hybridized carbons (Fsp3) is 0.231. The number of anilines is 1. The highest BCUT2D eigenvalue weighted by Crippen LogP contribution is 2.29. The van der Waals surface area contributed by atoms with Gasteiger partial charge in [0.2, 0.25) is 0 Å². The number of nitrogen functional groups attached to an aromatic ring is 2. The zero-order valence-electron chi connectivity index (χ0n) is 10.4. The summed E-state index contributed by atoms with van der Waals surface area (Å²) in [6, 6.07) is 9.34. The highest BCUT2D eigenvalue weighted by molar-refractivity contribution is 5.76. The van der Waals surface area contributed by atoms with Gasteiger partial charge in [-0.05, 0) is 6.07 Å². The first-order chi connectivity index (χ1) is 8.56. The molecule has 5 nitrogen and oxygen atoms in total. The third-order valence-electron chi connectivity index (χ3n) is 2.79. The number of benzene rings is 1. The highest BCUT2D eigenvalue weighted by Gasteiger charge is 2.18. The highest BCUT2D eigenvalue weighted by atomic mass is 15.4. The smallest absolute Gasteiger partial charge is 0.150 e. The maximum Gasteiger partial charge on any atom is 0.150 e. The summed E-state index contributed by atoms with van der Waals surface area (Å²) < 4.78 is 1.38. The molecule has 1 aromatic heterocycles. The third kappa shape index (κ3) is 1.78. The maximum atomic E-state index is 9.10. The lowest BCUT2D eigenvalue weighted by Gasteiger charge is -2.04. The van der Waals surface area contributed by atoms with Gasteiger partial charge in [0, 0.05) is 11.5 Å². The van der Waals surface area contributed by atoms with Crippen LogP contribution in [-0.2, 0) is 0 Å². The molecule has 0 unspecified atom stereocenters. The molecule has 0 saturated carbocycles. The van der Waals surface area contributed by atoms with Gasteiger partial charge in [0.1, 0.15) is 11.5 Å². The van der Waals surface area contributed by atoms with Crippen molar-refractivity contribution in [2.45, 2.75) is 19.8 Å². The molecule has 18 heavy (non-hydrogen) atoms. The number of nitrogens with two attached hydrogens (primary N) is 2. The second-order valence-corrected chi connectivity index (χ2v) is 4.39. The zero-order chi connectivity index (χ0) is 13.3. The number of imidazole rings is 1. The lowest BCUT2D eigenvalue weighted by atomic mass is 10.1. The van der Waals surface area contributed by atoms with Gasteiger partial charge < -0.3 is 11.6 Å². The summed E-state index contributed by atoms with van der Waals surface area (Å²) in [7, 11) is 0. The van der Waals surface area contributed by atoms with Crippen LogP contribution in [0.15, 0.2) is 24.3 Å². The van der Waals surface area contributed by atoms with E-state index < -0.39 is 0 Å². The lowest BCUT2D eigenvalue weighted by molar-refractivity contribution is 0.739. The molecule has 0 radical (unpaired) electrons. The molecule has 92 valence electrons. The van der Waals surface area contributed by atoms with Crippen LogP contribution in [0, 0.1) is 11.3 Å². The van der Waals surface area contributed by atoms with E-state index in [0.717, 1.165) is 0 Å². The molecule has 0 aliphatic carbocycles. The van der Waals surface area contributed by atoms with Crippen molar-refractivity contribution in [1.82, 2.24) is 9.66 Å². The average Bonchev–Trinajstić information content (AvgIpc) is 2.66. The van der Waals surface area contributed by atoms with Gasteiger partial charge in [-0.2, -0.15) is 5.26 Å². The Bertz CT molecular complexity index is 619. The minimum atomic E-state index is 0.167. The minimum Gasteiger partial charge on any atom is -0.382 e. The first kappa shape index (κ1) is 12.0. The first-order valence-corrected chi connectivity index (χ1v) is 5.69. The van der Waals surface area contributed by atoms with Crippen molar-refractivity contribution in [3.63, 3.8) is 0 Å². The van der Waals surface area contributed by atoms with E-state index in [1.807, 2.05) is 26.0 Å². The number of nitrogens with zero attached hydrogens (tertiary/aromatic N) is 3. The standard InChI is InChI=1S/C13H15N5/c1-8(2)13-17-11(12(15)18(13)16)10-6-4-3-5-9(10)7-14/h3-6,8H,15-16H2,1-2H3. The van der Waals surface area contributed by atoms with Crippen LogP contribution in [0.2, 0.25) is 0 Å². The largest absolute Gasteiger partial charge is 0.382 e. The molecule has 1 heterocycles. The lowest BCUT2D eigenvalue weighted by Crippen LogP contribution is -2.16. The van der Waals surface area contributed by atoms with Crippen LogP contribution in [-0.4, -0.2) is 9.66 Å². The summed E-state index contributed by atoms with van der Waals surface area (Å²) in [4.78, 5) is 4.45. The molecule has 4 N–H and O–H groups in total. The van der Waals surface area contributed by atoms with Crippen molar-refractivity contribution in [1.29, 1.82) is 5.26 Å². The van der Waals surface area contributed by atoms with Crippen LogP contribution in [0.3, 0.4) is 0 Å². The summed E-state index contributed by atoms with van der Waals surface area (Å²) >= 11 is 0. The van der Waals surface area contributed by atoms with E-state index in [9.17, 15) is 0 Å². The molecule has 0 atom stereocenters. The minimum absolute atomic E-state index is 0.167. The van der Waals surface area contributed by atoms with Crippen LogP contribution in [0.4, 0.5) is 5.82 Å². The van der Waals surface area contributed by atoms with Gasteiger partial charge in [-0.1, -0.05) is 32.0 Å². The Kier molecular flexibility index (Phi) is 2.94. The van der Waals surface area contributed by atoms with Crippen molar-refractivity contribution >= 4 is 5.82 Å². The van der Waals surface area contributed by atoms with Gasteiger partial charge in [0.05, 0.1) is 11.6 Å². The average molecular weight is 241 g/mol. The monoisotopic (exact) mass is 241 g/mol. The molecule has 0 fully saturated rings. The van der Waals surface area contributed by atoms with Crippen LogP contribution in [0.25, 0.3) is 11.3 Å².